The van der Waals surface area contributed by atoms with E-state index >= 15 is 0 Å². The minimum absolute atomic E-state index is 0.363. The van der Waals surface area contributed by atoms with Crippen molar-refractivity contribution in [2.75, 3.05) is 13.1 Å². The SMILES string of the molecule is C=C(C)/C=C(\C(=C/C)NC(=C)c1cccnc1CC)N1CCC(Cc2ccc(F)cc2F)CC1. The van der Waals surface area contributed by atoms with Gasteiger partial charge in [-0.25, -0.2) is 8.78 Å². The lowest BCUT2D eigenvalue weighted by molar-refractivity contribution is 0.227. The predicted molar refractivity (Wildman–Crippen MR) is 137 cm³/mol. The van der Waals surface area contributed by atoms with Gasteiger partial charge in [0.25, 0.3) is 0 Å². The molecule has 2 aromatic rings. The number of likely N-dealkylation sites (tertiary alicyclic amines) is 1. The normalized spacial score (nSPS) is 15.4. The van der Waals surface area contributed by atoms with E-state index in [1.54, 1.807) is 12.3 Å². The van der Waals surface area contributed by atoms with Gasteiger partial charge in [0.15, 0.2) is 0 Å². The average molecular weight is 464 g/mol. The zero-order valence-electron chi connectivity index (χ0n) is 20.5. The predicted octanol–water partition coefficient (Wildman–Crippen LogP) is 6.80. The highest BCUT2D eigenvalue weighted by Gasteiger charge is 2.24. The third-order valence-electron chi connectivity index (χ3n) is 6.26. The number of piperidine rings is 1. The fourth-order valence-corrected chi connectivity index (χ4v) is 4.46. The van der Waals surface area contributed by atoms with Crippen molar-refractivity contribution in [1.29, 1.82) is 0 Å². The molecule has 2 heterocycles. The monoisotopic (exact) mass is 463 g/mol. The maximum Gasteiger partial charge on any atom is 0.129 e. The molecule has 1 aromatic heterocycles. The molecule has 1 aliphatic rings. The number of benzene rings is 1. The number of nitrogens with zero attached hydrogens (tertiary/aromatic N) is 2. The summed E-state index contributed by atoms with van der Waals surface area (Å²) in [5.41, 5.74) is 6.44. The van der Waals surface area contributed by atoms with Crippen LogP contribution in [-0.4, -0.2) is 23.0 Å². The van der Waals surface area contributed by atoms with Crippen molar-refractivity contribution >= 4 is 5.70 Å². The first-order chi connectivity index (χ1) is 16.3. The Morgan fingerprint density at radius 1 is 1.21 bits per heavy atom. The molecule has 5 heteroatoms. The van der Waals surface area contributed by atoms with Crippen molar-refractivity contribution in [3.63, 3.8) is 0 Å². The number of nitrogens with one attached hydrogen (secondary N) is 1. The molecule has 3 rings (SSSR count). The maximum atomic E-state index is 14.1. The first kappa shape index (κ1) is 25.4. The zero-order valence-corrected chi connectivity index (χ0v) is 20.5. The van der Waals surface area contributed by atoms with Gasteiger partial charge in [-0.15, -0.1) is 0 Å². The summed E-state index contributed by atoms with van der Waals surface area (Å²) in [6.45, 7) is 16.2. The molecular weight excluding hydrogens is 428 g/mol. The van der Waals surface area contributed by atoms with Crippen LogP contribution < -0.4 is 5.32 Å². The first-order valence-corrected chi connectivity index (χ1v) is 11.9. The number of aryl methyl sites for hydroxylation is 1. The molecule has 34 heavy (non-hydrogen) atoms. The van der Waals surface area contributed by atoms with Crippen LogP contribution in [0, 0.1) is 17.6 Å². The summed E-state index contributed by atoms with van der Waals surface area (Å²) in [6.07, 6.45) is 9.29. The van der Waals surface area contributed by atoms with Gasteiger partial charge in [0, 0.05) is 42.3 Å². The number of allylic oxidation sites excluding steroid dienone is 3. The summed E-state index contributed by atoms with van der Waals surface area (Å²) in [5.74, 6) is -0.621. The van der Waals surface area contributed by atoms with E-state index in [4.69, 9.17) is 0 Å². The molecule has 0 saturated carbocycles. The third-order valence-corrected chi connectivity index (χ3v) is 6.26. The Hall–Kier alpha value is -3.21. The smallest absolute Gasteiger partial charge is 0.129 e. The molecular formula is C29H35F2N3. The van der Waals surface area contributed by atoms with Crippen molar-refractivity contribution < 1.29 is 8.78 Å². The molecule has 0 atom stereocenters. The number of hydrogen-bond donors (Lipinski definition) is 1. The summed E-state index contributed by atoms with van der Waals surface area (Å²) in [4.78, 5) is 6.83. The second-order valence-corrected chi connectivity index (χ2v) is 8.90. The van der Waals surface area contributed by atoms with Gasteiger partial charge < -0.3 is 10.2 Å². The molecule has 3 nitrogen and oxygen atoms in total. The molecule has 0 radical (unpaired) electrons. The van der Waals surface area contributed by atoms with E-state index in [2.05, 4.69) is 47.4 Å². The van der Waals surface area contributed by atoms with Crippen LogP contribution in [0.1, 0.15) is 50.4 Å². The minimum Gasteiger partial charge on any atom is -0.370 e. The number of halogens is 2. The molecule has 0 aliphatic carbocycles. The lowest BCUT2D eigenvalue weighted by Crippen LogP contribution is -2.36. The van der Waals surface area contributed by atoms with Crippen molar-refractivity contribution in [1.82, 2.24) is 15.2 Å². The van der Waals surface area contributed by atoms with Crippen molar-refractivity contribution in [2.24, 2.45) is 5.92 Å². The van der Waals surface area contributed by atoms with Gasteiger partial charge in [0.1, 0.15) is 11.6 Å². The van der Waals surface area contributed by atoms with Gasteiger partial charge in [0.2, 0.25) is 0 Å². The van der Waals surface area contributed by atoms with E-state index in [1.165, 1.54) is 6.07 Å². The fraction of sp³-hybridized carbons (Fsp3) is 0.345. The van der Waals surface area contributed by atoms with Crippen LogP contribution in [0.3, 0.4) is 0 Å². The standard InChI is InChI=1S/C29H35F2N3/c1-6-27-25(9-8-14-32-27)21(5)33-28(7-2)29(17-20(3)4)34-15-12-22(13-16-34)18-23-10-11-24(30)19-26(23)31/h7-11,14,17,19,22,33H,3,5-6,12-13,15-16,18H2,1-2,4H3/b28-7+,29-17+. The van der Waals surface area contributed by atoms with Crippen LogP contribution in [-0.2, 0) is 12.8 Å². The summed E-state index contributed by atoms with van der Waals surface area (Å²) < 4.78 is 27.4. The first-order valence-electron chi connectivity index (χ1n) is 11.9. The summed E-state index contributed by atoms with van der Waals surface area (Å²) in [7, 11) is 0. The molecule has 1 aliphatic heterocycles. The molecule has 180 valence electrons. The van der Waals surface area contributed by atoms with Crippen LogP contribution in [0.15, 0.2) is 78.8 Å². The van der Waals surface area contributed by atoms with Crippen LogP contribution in [0.2, 0.25) is 0 Å². The highest BCUT2D eigenvalue weighted by Crippen LogP contribution is 2.28. The molecule has 0 amide bonds. The number of pyridine rings is 1. The third kappa shape index (κ3) is 6.43. The van der Waals surface area contributed by atoms with Crippen molar-refractivity contribution in [3.05, 3.63) is 107 Å². The topological polar surface area (TPSA) is 28.2 Å². The largest absolute Gasteiger partial charge is 0.370 e. The highest BCUT2D eigenvalue weighted by molar-refractivity contribution is 5.66. The Bertz CT molecular complexity index is 1090. The van der Waals surface area contributed by atoms with E-state index in [9.17, 15) is 8.78 Å². The Morgan fingerprint density at radius 3 is 2.56 bits per heavy atom. The van der Waals surface area contributed by atoms with Crippen molar-refractivity contribution in [3.8, 4) is 0 Å². The second kappa shape index (κ2) is 11.8. The van der Waals surface area contributed by atoms with Gasteiger partial charge in [-0.05, 0) is 75.3 Å². The Balaban J connectivity index is 1.71. The zero-order chi connectivity index (χ0) is 24.7. The summed E-state index contributed by atoms with van der Waals surface area (Å²) >= 11 is 0. The van der Waals surface area contributed by atoms with E-state index in [-0.39, 0.29) is 0 Å². The minimum atomic E-state index is -0.532. The number of aromatic nitrogens is 1. The molecule has 1 N–H and O–H groups in total. The van der Waals surface area contributed by atoms with Crippen molar-refractivity contribution in [2.45, 2.75) is 46.5 Å². The maximum absolute atomic E-state index is 14.1. The lowest BCUT2D eigenvalue weighted by atomic mass is 9.89. The molecule has 1 aromatic carbocycles. The van der Waals surface area contributed by atoms with Crippen LogP contribution >= 0.6 is 0 Å². The number of rotatable bonds is 9. The van der Waals surface area contributed by atoms with Crippen LogP contribution in [0.5, 0.6) is 0 Å². The van der Waals surface area contributed by atoms with Gasteiger partial charge in [-0.1, -0.05) is 37.8 Å². The summed E-state index contributed by atoms with van der Waals surface area (Å²) in [6, 6.07) is 7.85. The van der Waals surface area contributed by atoms with Gasteiger partial charge in [-0.2, -0.15) is 0 Å². The van der Waals surface area contributed by atoms with E-state index in [0.717, 1.165) is 72.3 Å². The summed E-state index contributed by atoms with van der Waals surface area (Å²) in [5, 5.41) is 3.51. The lowest BCUT2D eigenvalue weighted by Gasteiger charge is -2.36. The Morgan fingerprint density at radius 2 is 1.94 bits per heavy atom. The molecule has 0 spiro atoms. The van der Waals surface area contributed by atoms with E-state index in [0.29, 0.717) is 17.9 Å². The second-order valence-electron chi connectivity index (χ2n) is 8.90. The van der Waals surface area contributed by atoms with E-state index in [1.807, 2.05) is 26.0 Å². The van der Waals surface area contributed by atoms with Gasteiger partial charge in [0.05, 0.1) is 11.4 Å². The van der Waals surface area contributed by atoms with Gasteiger partial charge >= 0.3 is 0 Å². The molecule has 0 bridgehead atoms. The van der Waals surface area contributed by atoms with Crippen LogP contribution in [0.25, 0.3) is 5.70 Å². The Labute approximate surface area is 202 Å². The molecule has 0 unspecified atom stereocenters. The number of hydrogen-bond acceptors (Lipinski definition) is 3. The van der Waals surface area contributed by atoms with Crippen LogP contribution in [0.4, 0.5) is 8.78 Å². The highest BCUT2D eigenvalue weighted by atomic mass is 19.1. The average Bonchev–Trinajstić information content (AvgIpc) is 2.83. The fourth-order valence-electron chi connectivity index (χ4n) is 4.46. The quantitative estimate of drug-likeness (QED) is 0.415. The molecule has 1 fully saturated rings. The molecule has 1 saturated heterocycles. The Kier molecular flexibility index (Phi) is 8.80. The van der Waals surface area contributed by atoms with Gasteiger partial charge in [-0.3, -0.25) is 4.98 Å². The van der Waals surface area contributed by atoms with E-state index < -0.39 is 11.6 Å².